The average molecular weight is 273 g/mol. The molecule has 0 spiro atoms. The lowest BCUT2D eigenvalue weighted by Gasteiger charge is -2.20. The third-order valence-corrected chi connectivity index (χ3v) is 3.00. The van der Waals surface area contributed by atoms with Crippen LogP contribution in [0.15, 0.2) is 30.6 Å². The molecule has 2 heterocycles. The van der Waals surface area contributed by atoms with E-state index < -0.39 is 0 Å². The topological polar surface area (TPSA) is 94.2 Å². The second kappa shape index (κ2) is 5.12. The maximum Gasteiger partial charge on any atom is 0.262 e. The molecule has 7 heteroatoms. The molecule has 4 N–H and O–H groups in total. The van der Waals surface area contributed by atoms with Gasteiger partial charge in [-0.1, -0.05) is 0 Å². The zero-order chi connectivity index (χ0) is 13.9. The molecule has 0 fully saturated rings. The molecule has 1 aliphatic rings. The molecule has 0 radical (unpaired) electrons. The molecule has 0 aliphatic carbocycles. The van der Waals surface area contributed by atoms with Crippen LogP contribution >= 0.6 is 0 Å². The number of fused-ring (bicyclic) bond motifs is 1. The number of hydrogen-bond donors (Lipinski definition) is 3. The fraction of sp³-hybridized carbons (Fsp3) is 0.231. The number of nitrogen functional groups attached to an aromatic ring is 1. The highest BCUT2D eigenvalue weighted by atomic mass is 16.5. The molecular formula is C13H15N5O2. The molecule has 2 aromatic rings. The van der Waals surface area contributed by atoms with Crippen LogP contribution in [0.3, 0.4) is 0 Å². The summed E-state index contributed by atoms with van der Waals surface area (Å²) in [4.78, 5) is 11.3. The summed E-state index contributed by atoms with van der Waals surface area (Å²) in [6.45, 7) is 1.43. The van der Waals surface area contributed by atoms with Crippen molar-refractivity contribution in [2.45, 2.75) is 6.54 Å². The number of amides is 1. The first-order chi connectivity index (χ1) is 9.72. The van der Waals surface area contributed by atoms with Crippen molar-refractivity contribution in [3.8, 4) is 5.75 Å². The SMILES string of the molecule is Nc1cc2c(cc1NCCn1cccn1)NC(=O)CO2. The molecule has 1 amide bonds. The lowest BCUT2D eigenvalue weighted by Crippen LogP contribution is -2.25. The third kappa shape index (κ3) is 2.51. The van der Waals surface area contributed by atoms with Crippen LogP contribution in [0.5, 0.6) is 5.75 Å². The van der Waals surface area contributed by atoms with Crippen molar-refractivity contribution >= 4 is 23.0 Å². The van der Waals surface area contributed by atoms with Gasteiger partial charge in [0.15, 0.2) is 6.61 Å². The number of carbonyl (C=O) groups is 1. The van der Waals surface area contributed by atoms with Gasteiger partial charge in [-0.2, -0.15) is 5.10 Å². The minimum absolute atomic E-state index is 0.0263. The lowest BCUT2D eigenvalue weighted by molar-refractivity contribution is -0.118. The standard InChI is InChI=1S/C13H15N5O2/c14-9-6-12-11(17-13(19)8-20-12)7-10(9)15-3-5-18-4-1-2-16-18/h1-2,4,6-7,15H,3,5,8,14H2,(H,17,19). The van der Waals surface area contributed by atoms with Gasteiger partial charge in [0.1, 0.15) is 5.75 Å². The summed E-state index contributed by atoms with van der Waals surface area (Å²) in [6.07, 6.45) is 3.63. The summed E-state index contributed by atoms with van der Waals surface area (Å²) in [6, 6.07) is 5.37. The molecule has 104 valence electrons. The van der Waals surface area contributed by atoms with Crippen molar-refractivity contribution < 1.29 is 9.53 Å². The number of carbonyl (C=O) groups excluding carboxylic acids is 1. The number of benzene rings is 1. The molecule has 7 nitrogen and oxygen atoms in total. The van der Waals surface area contributed by atoms with Gasteiger partial charge in [0.05, 0.1) is 23.6 Å². The van der Waals surface area contributed by atoms with Crippen molar-refractivity contribution in [3.63, 3.8) is 0 Å². The molecule has 0 unspecified atom stereocenters. The maximum atomic E-state index is 11.3. The van der Waals surface area contributed by atoms with E-state index in [-0.39, 0.29) is 12.5 Å². The molecule has 1 aliphatic heterocycles. The smallest absolute Gasteiger partial charge is 0.262 e. The van der Waals surface area contributed by atoms with E-state index in [0.29, 0.717) is 23.7 Å². The number of aromatic nitrogens is 2. The first-order valence-corrected chi connectivity index (χ1v) is 6.30. The van der Waals surface area contributed by atoms with E-state index in [1.165, 1.54) is 0 Å². The Morgan fingerprint density at radius 1 is 1.50 bits per heavy atom. The van der Waals surface area contributed by atoms with Crippen molar-refractivity contribution in [2.24, 2.45) is 0 Å². The number of rotatable bonds is 4. The van der Waals surface area contributed by atoms with E-state index in [9.17, 15) is 4.79 Å². The second-order valence-electron chi connectivity index (χ2n) is 4.47. The molecule has 1 aromatic heterocycles. The highest BCUT2D eigenvalue weighted by Gasteiger charge is 2.17. The third-order valence-electron chi connectivity index (χ3n) is 3.00. The molecule has 0 saturated heterocycles. The highest BCUT2D eigenvalue weighted by molar-refractivity contribution is 5.97. The van der Waals surface area contributed by atoms with E-state index in [1.54, 1.807) is 18.3 Å². The summed E-state index contributed by atoms with van der Waals surface area (Å²) in [5.74, 6) is 0.435. The van der Waals surface area contributed by atoms with Gasteiger partial charge in [0.25, 0.3) is 5.91 Å². The minimum Gasteiger partial charge on any atom is -0.482 e. The molecule has 0 atom stereocenters. The predicted molar refractivity (Wildman–Crippen MR) is 75.7 cm³/mol. The monoisotopic (exact) mass is 273 g/mol. The Hall–Kier alpha value is -2.70. The second-order valence-corrected chi connectivity index (χ2v) is 4.47. The molecule has 0 saturated carbocycles. The van der Waals surface area contributed by atoms with Crippen LogP contribution in [0.1, 0.15) is 0 Å². The zero-order valence-electron chi connectivity index (χ0n) is 10.8. The highest BCUT2D eigenvalue weighted by Crippen LogP contribution is 2.34. The van der Waals surface area contributed by atoms with Crippen molar-refractivity contribution in [3.05, 3.63) is 30.6 Å². The fourth-order valence-corrected chi connectivity index (χ4v) is 2.03. The van der Waals surface area contributed by atoms with Crippen LogP contribution in [0.2, 0.25) is 0 Å². The number of anilines is 3. The maximum absolute atomic E-state index is 11.3. The Kier molecular flexibility index (Phi) is 3.16. The number of hydrogen-bond acceptors (Lipinski definition) is 5. The lowest BCUT2D eigenvalue weighted by atomic mass is 10.2. The van der Waals surface area contributed by atoms with Crippen molar-refractivity contribution in [2.75, 3.05) is 29.5 Å². The quantitative estimate of drug-likeness (QED) is 0.720. The molecule has 20 heavy (non-hydrogen) atoms. The number of ether oxygens (including phenoxy) is 1. The molecule has 0 bridgehead atoms. The van der Waals surface area contributed by atoms with E-state index in [4.69, 9.17) is 10.5 Å². The summed E-state index contributed by atoms with van der Waals surface area (Å²) in [5.41, 5.74) is 7.95. The normalized spacial score (nSPS) is 13.3. The van der Waals surface area contributed by atoms with Crippen LogP contribution in [-0.2, 0) is 11.3 Å². The molecule has 1 aromatic carbocycles. The average Bonchev–Trinajstić information content (AvgIpc) is 2.93. The summed E-state index contributed by atoms with van der Waals surface area (Å²) in [5, 5.41) is 10.1. The largest absolute Gasteiger partial charge is 0.482 e. The van der Waals surface area contributed by atoms with Crippen molar-refractivity contribution in [1.82, 2.24) is 9.78 Å². The van der Waals surface area contributed by atoms with E-state index in [2.05, 4.69) is 15.7 Å². The Labute approximate surface area is 115 Å². The zero-order valence-corrected chi connectivity index (χ0v) is 10.8. The first-order valence-electron chi connectivity index (χ1n) is 6.30. The molecular weight excluding hydrogens is 258 g/mol. The van der Waals surface area contributed by atoms with Gasteiger partial charge < -0.3 is 21.1 Å². The number of nitrogens with two attached hydrogens (primary N) is 1. The van der Waals surface area contributed by atoms with Gasteiger partial charge in [-0.05, 0) is 12.1 Å². The Morgan fingerprint density at radius 2 is 2.40 bits per heavy atom. The Balaban J connectivity index is 1.69. The predicted octanol–water partition coefficient (Wildman–Crippen LogP) is 0.908. The number of nitrogens with zero attached hydrogens (tertiary/aromatic N) is 2. The van der Waals surface area contributed by atoms with Crippen LogP contribution in [0.4, 0.5) is 17.1 Å². The van der Waals surface area contributed by atoms with E-state index >= 15 is 0 Å². The number of nitrogens with one attached hydrogen (secondary N) is 2. The first kappa shape index (κ1) is 12.3. The Bertz CT molecular complexity index is 624. The van der Waals surface area contributed by atoms with Gasteiger partial charge in [-0.3, -0.25) is 9.48 Å². The van der Waals surface area contributed by atoms with Gasteiger partial charge in [0.2, 0.25) is 0 Å². The van der Waals surface area contributed by atoms with Crippen LogP contribution in [0.25, 0.3) is 0 Å². The minimum atomic E-state index is -0.162. The summed E-state index contributed by atoms with van der Waals surface area (Å²) in [7, 11) is 0. The van der Waals surface area contributed by atoms with Crippen LogP contribution in [0, 0.1) is 0 Å². The summed E-state index contributed by atoms with van der Waals surface area (Å²) >= 11 is 0. The van der Waals surface area contributed by atoms with Gasteiger partial charge in [-0.25, -0.2) is 0 Å². The van der Waals surface area contributed by atoms with Crippen LogP contribution < -0.4 is 21.1 Å². The van der Waals surface area contributed by atoms with Gasteiger partial charge >= 0.3 is 0 Å². The fourth-order valence-electron chi connectivity index (χ4n) is 2.03. The van der Waals surface area contributed by atoms with E-state index in [1.807, 2.05) is 16.9 Å². The van der Waals surface area contributed by atoms with Crippen molar-refractivity contribution in [1.29, 1.82) is 0 Å². The Morgan fingerprint density at radius 3 is 3.20 bits per heavy atom. The summed E-state index contributed by atoms with van der Waals surface area (Å²) < 4.78 is 7.13. The van der Waals surface area contributed by atoms with Gasteiger partial charge in [-0.15, -0.1) is 0 Å². The van der Waals surface area contributed by atoms with Gasteiger partial charge in [0, 0.05) is 25.0 Å². The van der Waals surface area contributed by atoms with Crippen LogP contribution in [-0.4, -0.2) is 28.8 Å². The molecule has 3 rings (SSSR count). The van der Waals surface area contributed by atoms with E-state index in [0.717, 1.165) is 12.2 Å².